The molecule has 0 radical (unpaired) electrons. The summed E-state index contributed by atoms with van der Waals surface area (Å²) < 4.78 is 5.42. The van der Waals surface area contributed by atoms with Crippen molar-refractivity contribution in [2.45, 2.75) is 0 Å². The minimum Gasteiger partial charge on any atom is -0.356 e. The highest BCUT2D eigenvalue weighted by Crippen LogP contribution is 2.26. The molecule has 0 fully saturated rings. The lowest BCUT2D eigenvalue weighted by Gasteiger charge is -2.00. The van der Waals surface area contributed by atoms with Crippen molar-refractivity contribution in [3.63, 3.8) is 0 Å². The molecule has 0 N–H and O–H groups in total. The van der Waals surface area contributed by atoms with Gasteiger partial charge in [-0.3, -0.25) is 0 Å². The maximum atomic E-state index is 6.03. The Labute approximate surface area is 132 Å². The predicted molar refractivity (Wildman–Crippen MR) is 87.7 cm³/mol. The van der Waals surface area contributed by atoms with Crippen molar-refractivity contribution in [3.8, 4) is 22.7 Å². The third kappa shape index (κ3) is 2.36. The van der Waals surface area contributed by atoms with E-state index in [1.807, 2.05) is 66.7 Å². The molecule has 0 saturated heterocycles. The summed E-state index contributed by atoms with van der Waals surface area (Å²) >= 11 is 6.03. The molecule has 0 aliphatic rings. The number of benzene rings is 2. The molecule has 4 heteroatoms. The Bertz CT molecular complexity index is 948. The van der Waals surface area contributed by atoms with E-state index in [1.54, 1.807) is 0 Å². The minimum atomic E-state index is 0.669. The molecule has 0 unspecified atom stereocenters. The van der Waals surface area contributed by atoms with Crippen molar-refractivity contribution < 1.29 is 4.52 Å². The second-order valence-electron chi connectivity index (χ2n) is 4.98. The van der Waals surface area contributed by atoms with Crippen molar-refractivity contribution in [1.29, 1.82) is 0 Å². The van der Waals surface area contributed by atoms with Crippen molar-refractivity contribution in [2.75, 3.05) is 0 Å². The third-order valence-corrected chi connectivity index (χ3v) is 3.72. The van der Waals surface area contributed by atoms with Crippen molar-refractivity contribution in [3.05, 3.63) is 71.8 Å². The first kappa shape index (κ1) is 13.0. The number of pyridine rings is 1. The molecule has 106 valence electrons. The van der Waals surface area contributed by atoms with Crippen LogP contribution in [-0.2, 0) is 0 Å². The van der Waals surface area contributed by atoms with E-state index in [9.17, 15) is 0 Å². The van der Waals surface area contributed by atoms with Gasteiger partial charge in [0.05, 0.1) is 11.2 Å². The van der Waals surface area contributed by atoms with Gasteiger partial charge >= 0.3 is 0 Å². The van der Waals surface area contributed by atoms with Crippen LogP contribution in [0.5, 0.6) is 0 Å². The third-order valence-electron chi connectivity index (χ3n) is 3.49. The minimum absolute atomic E-state index is 0.669. The maximum Gasteiger partial charge on any atom is 0.167 e. The number of hydrogen-bond donors (Lipinski definition) is 0. The summed E-state index contributed by atoms with van der Waals surface area (Å²) in [5, 5.41) is 5.83. The summed E-state index contributed by atoms with van der Waals surface area (Å²) in [6.07, 6.45) is 0. The lowest BCUT2D eigenvalue weighted by Crippen LogP contribution is -1.85. The Balaban J connectivity index is 1.77. The SMILES string of the molecule is Clc1ccc2ccc(-c3cc(-c4ccccc4)on3)nc2c1. The Morgan fingerprint density at radius 3 is 2.50 bits per heavy atom. The first-order valence-corrected chi connectivity index (χ1v) is 7.26. The van der Waals surface area contributed by atoms with Gasteiger partial charge in [-0.2, -0.15) is 0 Å². The molecule has 0 amide bonds. The molecular weight excluding hydrogens is 296 g/mol. The number of rotatable bonds is 2. The number of fused-ring (bicyclic) bond motifs is 1. The summed E-state index contributed by atoms with van der Waals surface area (Å²) in [5.74, 6) is 0.726. The zero-order valence-corrected chi connectivity index (χ0v) is 12.3. The van der Waals surface area contributed by atoms with Gasteiger partial charge in [0.2, 0.25) is 0 Å². The molecule has 2 heterocycles. The average molecular weight is 307 g/mol. The van der Waals surface area contributed by atoms with Crippen LogP contribution >= 0.6 is 11.6 Å². The highest BCUT2D eigenvalue weighted by Gasteiger charge is 2.10. The number of aromatic nitrogens is 2. The summed E-state index contributed by atoms with van der Waals surface area (Å²) in [6, 6.07) is 21.4. The van der Waals surface area contributed by atoms with Crippen LogP contribution in [0.25, 0.3) is 33.6 Å². The monoisotopic (exact) mass is 306 g/mol. The quantitative estimate of drug-likeness (QED) is 0.510. The summed E-state index contributed by atoms with van der Waals surface area (Å²) in [7, 11) is 0. The summed E-state index contributed by atoms with van der Waals surface area (Å²) in [5.41, 5.74) is 3.31. The van der Waals surface area contributed by atoms with Gasteiger partial charge in [-0.05, 0) is 18.2 Å². The van der Waals surface area contributed by atoms with Crippen LogP contribution in [0.15, 0.2) is 71.3 Å². The van der Waals surface area contributed by atoms with Gasteiger partial charge in [0, 0.05) is 22.0 Å². The topological polar surface area (TPSA) is 38.9 Å². The molecule has 4 rings (SSSR count). The first-order valence-electron chi connectivity index (χ1n) is 6.88. The van der Waals surface area contributed by atoms with E-state index >= 15 is 0 Å². The van der Waals surface area contributed by atoms with E-state index in [4.69, 9.17) is 16.1 Å². The lowest BCUT2D eigenvalue weighted by molar-refractivity contribution is 0.434. The van der Waals surface area contributed by atoms with Crippen LogP contribution in [-0.4, -0.2) is 10.1 Å². The Morgan fingerprint density at radius 1 is 0.818 bits per heavy atom. The number of hydrogen-bond acceptors (Lipinski definition) is 3. The van der Waals surface area contributed by atoms with E-state index in [0.29, 0.717) is 10.7 Å². The molecule has 0 atom stereocenters. The lowest BCUT2D eigenvalue weighted by atomic mass is 10.1. The average Bonchev–Trinajstić information content (AvgIpc) is 3.05. The molecule has 0 saturated carbocycles. The van der Waals surface area contributed by atoms with Crippen molar-refractivity contribution in [1.82, 2.24) is 10.1 Å². The highest BCUT2D eigenvalue weighted by atomic mass is 35.5. The molecule has 2 aromatic carbocycles. The fraction of sp³-hybridized carbons (Fsp3) is 0. The van der Waals surface area contributed by atoms with Crippen molar-refractivity contribution in [2.24, 2.45) is 0 Å². The Morgan fingerprint density at radius 2 is 1.64 bits per heavy atom. The molecule has 22 heavy (non-hydrogen) atoms. The molecule has 2 aromatic heterocycles. The summed E-state index contributed by atoms with van der Waals surface area (Å²) in [4.78, 5) is 4.61. The first-order chi connectivity index (χ1) is 10.8. The van der Waals surface area contributed by atoms with Gasteiger partial charge < -0.3 is 4.52 Å². The highest BCUT2D eigenvalue weighted by molar-refractivity contribution is 6.31. The Kier molecular flexibility index (Phi) is 3.13. The Hall–Kier alpha value is -2.65. The van der Waals surface area contributed by atoms with Crippen molar-refractivity contribution >= 4 is 22.5 Å². The number of halogens is 1. The molecule has 4 aromatic rings. The summed E-state index contributed by atoms with van der Waals surface area (Å²) in [6.45, 7) is 0. The van der Waals surface area contributed by atoms with Crippen LogP contribution in [0.4, 0.5) is 0 Å². The van der Waals surface area contributed by atoms with Crippen LogP contribution in [0, 0.1) is 0 Å². The smallest absolute Gasteiger partial charge is 0.167 e. The maximum absolute atomic E-state index is 6.03. The number of nitrogens with zero attached hydrogens (tertiary/aromatic N) is 2. The van der Waals surface area contributed by atoms with Crippen LogP contribution in [0.1, 0.15) is 0 Å². The van der Waals surface area contributed by atoms with Gasteiger partial charge in [0.15, 0.2) is 5.76 Å². The molecule has 3 nitrogen and oxygen atoms in total. The van der Waals surface area contributed by atoms with Gasteiger partial charge in [-0.1, -0.05) is 59.2 Å². The predicted octanol–water partition coefficient (Wildman–Crippen LogP) is 5.21. The van der Waals surface area contributed by atoms with E-state index in [0.717, 1.165) is 27.9 Å². The largest absolute Gasteiger partial charge is 0.356 e. The van der Waals surface area contributed by atoms with Crippen LogP contribution in [0.3, 0.4) is 0 Å². The fourth-order valence-corrected chi connectivity index (χ4v) is 2.53. The second-order valence-corrected chi connectivity index (χ2v) is 5.41. The van der Waals surface area contributed by atoms with E-state index in [-0.39, 0.29) is 0 Å². The molecule has 0 bridgehead atoms. The second kappa shape index (κ2) is 5.28. The van der Waals surface area contributed by atoms with Gasteiger partial charge in [0.1, 0.15) is 5.69 Å². The van der Waals surface area contributed by atoms with Crippen LogP contribution < -0.4 is 0 Å². The van der Waals surface area contributed by atoms with Crippen LogP contribution in [0.2, 0.25) is 5.02 Å². The standard InChI is InChI=1S/C18H11ClN2O/c19-14-8-6-12-7-9-15(20-16(12)10-14)17-11-18(22-21-17)13-4-2-1-3-5-13/h1-11H. The van der Waals surface area contributed by atoms with E-state index < -0.39 is 0 Å². The molecule has 0 spiro atoms. The normalized spacial score (nSPS) is 11.0. The zero-order chi connectivity index (χ0) is 14.9. The van der Waals surface area contributed by atoms with Gasteiger partial charge in [-0.25, -0.2) is 4.98 Å². The van der Waals surface area contributed by atoms with E-state index in [2.05, 4.69) is 10.1 Å². The zero-order valence-electron chi connectivity index (χ0n) is 11.5. The van der Waals surface area contributed by atoms with Gasteiger partial charge in [0.25, 0.3) is 0 Å². The van der Waals surface area contributed by atoms with E-state index in [1.165, 1.54) is 0 Å². The molecule has 0 aliphatic carbocycles. The van der Waals surface area contributed by atoms with Gasteiger partial charge in [-0.15, -0.1) is 0 Å². The molecular formula is C18H11ClN2O. The fourth-order valence-electron chi connectivity index (χ4n) is 2.37. The molecule has 0 aliphatic heterocycles.